The maximum Gasteiger partial charge on any atom is 0.127 e. The van der Waals surface area contributed by atoms with E-state index < -0.39 is 0 Å². The first kappa shape index (κ1) is 15.0. The summed E-state index contributed by atoms with van der Waals surface area (Å²) >= 11 is 5.92. The van der Waals surface area contributed by atoms with Crippen LogP contribution in [0.25, 0.3) is 0 Å². The zero-order valence-electron chi connectivity index (χ0n) is 11.7. The molecular formula is C17H19ClFN. The molecule has 0 aliphatic carbocycles. The number of rotatable bonds is 5. The van der Waals surface area contributed by atoms with E-state index in [1.165, 1.54) is 11.6 Å². The molecule has 20 heavy (non-hydrogen) atoms. The molecule has 1 N–H and O–H groups in total. The van der Waals surface area contributed by atoms with Crippen molar-refractivity contribution in [3.05, 3.63) is 70.5 Å². The van der Waals surface area contributed by atoms with Gasteiger partial charge in [-0.2, -0.15) is 0 Å². The summed E-state index contributed by atoms with van der Waals surface area (Å²) in [6.45, 7) is 4.80. The fourth-order valence-corrected chi connectivity index (χ4v) is 2.40. The van der Waals surface area contributed by atoms with Gasteiger partial charge in [0, 0.05) is 23.2 Å². The fraction of sp³-hybridized carbons (Fsp3) is 0.294. The normalized spacial score (nSPS) is 12.7. The van der Waals surface area contributed by atoms with Crippen molar-refractivity contribution >= 4 is 11.6 Å². The van der Waals surface area contributed by atoms with Crippen molar-refractivity contribution in [3.63, 3.8) is 0 Å². The number of benzene rings is 2. The predicted molar refractivity (Wildman–Crippen MR) is 82.3 cm³/mol. The first-order valence-electron chi connectivity index (χ1n) is 6.80. The summed E-state index contributed by atoms with van der Waals surface area (Å²) in [6.07, 6.45) is 0. The van der Waals surface area contributed by atoms with Gasteiger partial charge in [0.1, 0.15) is 5.82 Å². The van der Waals surface area contributed by atoms with Crippen LogP contribution in [0, 0.1) is 11.7 Å². The molecule has 0 heterocycles. The molecule has 2 rings (SSSR count). The van der Waals surface area contributed by atoms with Crippen molar-refractivity contribution in [1.29, 1.82) is 0 Å². The molecule has 0 saturated carbocycles. The Kier molecular flexibility index (Phi) is 5.16. The third kappa shape index (κ3) is 3.81. The van der Waals surface area contributed by atoms with E-state index in [1.807, 2.05) is 36.4 Å². The zero-order valence-corrected chi connectivity index (χ0v) is 12.5. The minimum Gasteiger partial charge on any atom is -0.306 e. The lowest BCUT2D eigenvalue weighted by Crippen LogP contribution is -2.25. The molecule has 1 nitrogen and oxygen atoms in total. The van der Waals surface area contributed by atoms with Crippen molar-refractivity contribution < 1.29 is 4.39 Å². The van der Waals surface area contributed by atoms with E-state index in [0.29, 0.717) is 18.0 Å². The largest absolute Gasteiger partial charge is 0.306 e. The Hall–Kier alpha value is -1.38. The fourth-order valence-electron chi connectivity index (χ4n) is 2.27. The lowest BCUT2D eigenvalue weighted by molar-refractivity contribution is 0.406. The highest BCUT2D eigenvalue weighted by Crippen LogP contribution is 2.24. The maximum atomic E-state index is 13.6. The van der Waals surface area contributed by atoms with Crippen LogP contribution in [0.4, 0.5) is 4.39 Å². The Bertz CT molecular complexity index is 551. The molecule has 0 aliphatic heterocycles. The lowest BCUT2D eigenvalue weighted by atomic mass is 9.96. The third-order valence-corrected chi connectivity index (χ3v) is 3.62. The van der Waals surface area contributed by atoms with Crippen LogP contribution >= 0.6 is 11.6 Å². The van der Waals surface area contributed by atoms with Crippen LogP contribution in [0.2, 0.25) is 5.02 Å². The highest BCUT2D eigenvalue weighted by atomic mass is 35.5. The van der Waals surface area contributed by atoms with Crippen LogP contribution in [0.15, 0.2) is 48.5 Å². The number of halogens is 2. The number of hydrogen-bond acceptors (Lipinski definition) is 1. The molecule has 3 heteroatoms. The van der Waals surface area contributed by atoms with E-state index in [2.05, 4.69) is 19.2 Å². The van der Waals surface area contributed by atoms with Gasteiger partial charge in [-0.3, -0.25) is 0 Å². The summed E-state index contributed by atoms with van der Waals surface area (Å²) in [5.74, 6) is 0.238. The summed E-state index contributed by atoms with van der Waals surface area (Å²) in [6, 6.07) is 14.8. The second-order valence-electron chi connectivity index (χ2n) is 5.25. The van der Waals surface area contributed by atoms with Gasteiger partial charge in [-0.05, 0) is 29.7 Å². The maximum absolute atomic E-state index is 13.6. The van der Waals surface area contributed by atoms with Gasteiger partial charge < -0.3 is 5.32 Å². The van der Waals surface area contributed by atoms with Crippen molar-refractivity contribution in [1.82, 2.24) is 5.32 Å². The Morgan fingerprint density at radius 1 is 1.05 bits per heavy atom. The molecule has 1 unspecified atom stereocenters. The lowest BCUT2D eigenvalue weighted by Gasteiger charge is -2.23. The average molecular weight is 292 g/mol. The smallest absolute Gasteiger partial charge is 0.127 e. The first-order chi connectivity index (χ1) is 9.58. The summed E-state index contributed by atoms with van der Waals surface area (Å²) in [7, 11) is 0. The Balaban J connectivity index is 2.11. The second-order valence-corrected chi connectivity index (χ2v) is 5.68. The van der Waals surface area contributed by atoms with Crippen molar-refractivity contribution in [2.75, 3.05) is 0 Å². The topological polar surface area (TPSA) is 12.0 Å². The quantitative estimate of drug-likeness (QED) is 0.820. The molecule has 0 bridgehead atoms. The van der Waals surface area contributed by atoms with Crippen LogP contribution in [0.3, 0.4) is 0 Å². The summed E-state index contributed by atoms with van der Waals surface area (Å²) < 4.78 is 13.6. The average Bonchev–Trinajstić information content (AvgIpc) is 2.42. The summed E-state index contributed by atoms with van der Waals surface area (Å²) in [4.78, 5) is 0. The van der Waals surface area contributed by atoms with Crippen LogP contribution in [0.5, 0.6) is 0 Å². The van der Waals surface area contributed by atoms with Gasteiger partial charge in [-0.15, -0.1) is 0 Å². The van der Waals surface area contributed by atoms with Crippen LogP contribution < -0.4 is 5.32 Å². The predicted octanol–water partition coefficient (Wildman–Crippen LogP) is 4.97. The van der Waals surface area contributed by atoms with Gasteiger partial charge in [0.2, 0.25) is 0 Å². The van der Waals surface area contributed by atoms with Crippen molar-refractivity contribution in [2.24, 2.45) is 5.92 Å². The van der Waals surface area contributed by atoms with Crippen molar-refractivity contribution in [2.45, 2.75) is 26.4 Å². The van der Waals surface area contributed by atoms with Crippen LogP contribution in [-0.4, -0.2) is 0 Å². The third-order valence-electron chi connectivity index (χ3n) is 3.37. The van der Waals surface area contributed by atoms with Gasteiger partial charge in [-0.1, -0.05) is 55.8 Å². The minimum absolute atomic E-state index is 0.168. The molecule has 106 valence electrons. The molecule has 0 amide bonds. The van der Waals surface area contributed by atoms with E-state index in [4.69, 9.17) is 11.6 Å². The molecule has 0 fully saturated rings. The molecular weight excluding hydrogens is 273 g/mol. The first-order valence-corrected chi connectivity index (χ1v) is 7.18. The molecule has 0 radical (unpaired) electrons. The molecule has 0 spiro atoms. The molecule has 0 aliphatic rings. The zero-order chi connectivity index (χ0) is 14.5. The highest BCUT2D eigenvalue weighted by Gasteiger charge is 2.15. The standard InChI is InChI=1S/C17H19ClFN/c1-12(2)17(13-7-9-15(18)10-8-13)20-11-14-5-3-4-6-16(14)19/h3-10,12,17,20H,11H2,1-2H3. The van der Waals surface area contributed by atoms with Gasteiger partial charge in [0.15, 0.2) is 0 Å². The second kappa shape index (κ2) is 6.87. The van der Waals surface area contributed by atoms with Crippen LogP contribution in [-0.2, 0) is 6.54 Å². The van der Waals surface area contributed by atoms with E-state index in [1.54, 1.807) is 6.07 Å². The highest BCUT2D eigenvalue weighted by molar-refractivity contribution is 6.30. The van der Waals surface area contributed by atoms with Crippen molar-refractivity contribution in [3.8, 4) is 0 Å². The van der Waals surface area contributed by atoms with E-state index in [0.717, 1.165) is 5.02 Å². The number of nitrogens with one attached hydrogen (secondary N) is 1. The van der Waals surface area contributed by atoms with Crippen LogP contribution in [0.1, 0.15) is 31.0 Å². The summed E-state index contributed by atoms with van der Waals surface area (Å²) in [5, 5.41) is 4.16. The van der Waals surface area contributed by atoms with Gasteiger partial charge >= 0.3 is 0 Å². The van der Waals surface area contributed by atoms with Gasteiger partial charge in [-0.25, -0.2) is 4.39 Å². The molecule has 2 aromatic rings. The van der Waals surface area contributed by atoms with Gasteiger partial charge in [0.25, 0.3) is 0 Å². The Labute approximate surface area is 124 Å². The van der Waals surface area contributed by atoms with Gasteiger partial charge in [0.05, 0.1) is 0 Å². The molecule has 2 aromatic carbocycles. The Morgan fingerprint density at radius 3 is 2.30 bits per heavy atom. The monoisotopic (exact) mass is 291 g/mol. The summed E-state index contributed by atoms with van der Waals surface area (Å²) in [5.41, 5.74) is 1.85. The Morgan fingerprint density at radius 2 is 1.70 bits per heavy atom. The van der Waals surface area contributed by atoms with E-state index in [-0.39, 0.29) is 11.9 Å². The molecule has 0 saturated heterocycles. The minimum atomic E-state index is -0.168. The number of hydrogen-bond donors (Lipinski definition) is 1. The van der Waals surface area contributed by atoms with E-state index >= 15 is 0 Å². The molecule has 0 aromatic heterocycles. The van der Waals surface area contributed by atoms with E-state index in [9.17, 15) is 4.39 Å². The molecule has 1 atom stereocenters. The SMILES string of the molecule is CC(C)C(NCc1ccccc1F)c1ccc(Cl)cc1.